The summed E-state index contributed by atoms with van der Waals surface area (Å²) in [6.45, 7) is 0.581. The topological polar surface area (TPSA) is 49.6 Å². The molecular weight excluding hydrogens is 198 g/mol. The summed E-state index contributed by atoms with van der Waals surface area (Å²) in [5, 5.41) is 0. The van der Waals surface area contributed by atoms with Crippen molar-refractivity contribution in [2.75, 3.05) is 25.2 Å². The van der Waals surface area contributed by atoms with Crippen LogP contribution < -0.4 is 5.73 Å². The van der Waals surface area contributed by atoms with E-state index in [4.69, 9.17) is 5.73 Å². The average molecular weight is 215 g/mol. The van der Waals surface area contributed by atoms with Crippen molar-refractivity contribution in [3.63, 3.8) is 0 Å². The highest BCUT2D eigenvalue weighted by Crippen LogP contribution is 2.28. The lowest BCUT2D eigenvalue weighted by molar-refractivity contribution is 0.159. The molecule has 1 heterocycles. The van der Waals surface area contributed by atoms with Crippen LogP contribution in [0, 0.1) is 0 Å². The Morgan fingerprint density at radius 1 is 1.64 bits per heavy atom. The van der Waals surface area contributed by atoms with Crippen molar-refractivity contribution >= 4 is 17.8 Å². The van der Waals surface area contributed by atoms with Crippen LogP contribution in [0.15, 0.2) is 0 Å². The first kappa shape index (κ1) is 10.1. The Bertz CT molecular complexity index is 232. The summed E-state index contributed by atoms with van der Waals surface area (Å²) in [6, 6.07) is 0.896. The molecule has 1 atom stereocenters. The Labute approximate surface area is 88.8 Å². The fraction of sp³-hybridized carbons (Fsp3) is 0.889. The van der Waals surface area contributed by atoms with Gasteiger partial charge in [0.15, 0.2) is 0 Å². The Balaban J connectivity index is 1.95. The van der Waals surface area contributed by atoms with Gasteiger partial charge in [-0.05, 0) is 12.8 Å². The summed E-state index contributed by atoms with van der Waals surface area (Å²) in [6.07, 6.45) is 2.33. The molecule has 0 aromatic heterocycles. The van der Waals surface area contributed by atoms with Crippen LogP contribution in [0.5, 0.6) is 0 Å². The van der Waals surface area contributed by atoms with E-state index in [1.165, 1.54) is 0 Å². The standard InChI is InChI=1S/C9H17N3OS/c1-11(7-2-3-7)9(13)12-6-14-5-8(12)4-10/h7-8H,2-6,10H2,1H3. The van der Waals surface area contributed by atoms with Crippen LogP contribution in [0.4, 0.5) is 4.79 Å². The number of nitrogens with two attached hydrogens (primary N) is 1. The minimum absolute atomic E-state index is 0.160. The molecule has 0 aromatic rings. The van der Waals surface area contributed by atoms with Gasteiger partial charge in [0, 0.05) is 25.4 Å². The van der Waals surface area contributed by atoms with E-state index in [1.807, 2.05) is 16.8 Å². The fourth-order valence-corrected chi connectivity index (χ4v) is 2.92. The van der Waals surface area contributed by atoms with Crippen LogP contribution in [0.3, 0.4) is 0 Å². The summed E-state index contributed by atoms with van der Waals surface area (Å²) < 4.78 is 0. The molecule has 1 saturated carbocycles. The van der Waals surface area contributed by atoms with Crippen LogP contribution in [0.25, 0.3) is 0 Å². The molecule has 0 spiro atoms. The van der Waals surface area contributed by atoms with Crippen molar-refractivity contribution < 1.29 is 4.79 Å². The quantitative estimate of drug-likeness (QED) is 0.731. The summed E-state index contributed by atoms with van der Waals surface area (Å²) in [5.41, 5.74) is 5.63. The number of urea groups is 1. The van der Waals surface area contributed by atoms with Crippen molar-refractivity contribution in [2.45, 2.75) is 24.9 Å². The summed E-state index contributed by atoms with van der Waals surface area (Å²) in [7, 11) is 1.90. The molecule has 1 saturated heterocycles. The number of amides is 2. The van der Waals surface area contributed by atoms with Gasteiger partial charge in [0.25, 0.3) is 0 Å². The molecule has 2 N–H and O–H groups in total. The van der Waals surface area contributed by atoms with Crippen molar-refractivity contribution in [1.29, 1.82) is 0 Å². The third-order valence-electron chi connectivity index (χ3n) is 2.90. The number of hydrogen-bond donors (Lipinski definition) is 1. The second-order valence-corrected chi connectivity index (χ2v) is 4.98. The van der Waals surface area contributed by atoms with E-state index in [-0.39, 0.29) is 12.1 Å². The smallest absolute Gasteiger partial charge is 0.321 e. The van der Waals surface area contributed by atoms with Gasteiger partial charge in [-0.2, -0.15) is 0 Å². The van der Waals surface area contributed by atoms with E-state index in [1.54, 1.807) is 11.8 Å². The molecule has 14 heavy (non-hydrogen) atoms. The molecule has 4 nitrogen and oxygen atoms in total. The monoisotopic (exact) mass is 215 g/mol. The van der Waals surface area contributed by atoms with Crippen molar-refractivity contribution in [3.05, 3.63) is 0 Å². The molecule has 2 fully saturated rings. The molecule has 1 aliphatic heterocycles. The lowest BCUT2D eigenvalue weighted by Gasteiger charge is -2.28. The SMILES string of the molecule is CN(C(=O)N1CSCC1CN)C1CC1. The third-order valence-corrected chi connectivity index (χ3v) is 3.98. The van der Waals surface area contributed by atoms with E-state index in [0.29, 0.717) is 12.6 Å². The molecule has 0 aromatic carbocycles. The second kappa shape index (κ2) is 3.98. The van der Waals surface area contributed by atoms with Crippen LogP contribution in [0.1, 0.15) is 12.8 Å². The Morgan fingerprint density at radius 2 is 2.36 bits per heavy atom. The number of carbonyl (C=O) groups excluding carboxylic acids is 1. The molecule has 2 rings (SSSR count). The van der Waals surface area contributed by atoms with E-state index < -0.39 is 0 Å². The maximum Gasteiger partial charge on any atom is 0.321 e. The van der Waals surface area contributed by atoms with Gasteiger partial charge in [0.1, 0.15) is 0 Å². The lowest BCUT2D eigenvalue weighted by Crippen LogP contribution is -2.47. The highest BCUT2D eigenvalue weighted by atomic mass is 32.2. The van der Waals surface area contributed by atoms with Gasteiger partial charge in [0.2, 0.25) is 0 Å². The first-order chi connectivity index (χ1) is 6.74. The van der Waals surface area contributed by atoms with E-state index in [9.17, 15) is 4.79 Å². The van der Waals surface area contributed by atoms with Gasteiger partial charge in [-0.3, -0.25) is 0 Å². The number of nitrogens with zero attached hydrogens (tertiary/aromatic N) is 2. The maximum absolute atomic E-state index is 12.0. The molecular formula is C9H17N3OS. The fourth-order valence-electron chi connectivity index (χ4n) is 1.71. The number of thioether (sulfide) groups is 1. The van der Waals surface area contributed by atoms with Crippen molar-refractivity contribution in [2.24, 2.45) is 5.73 Å². The van der Waals surface area contributed by atoms with Gasteiger partial charge < -0.3 is 15.5 Å². The molecule has 5 heteroatoms. The van der Waals surface area contributed by atoms with Gasteiger partial charge >= 0.3 is 6.03 Å². The summed E-state index contributed by atoms with van der Waals surface area (Å²) in [5.74, 6) is 1.79. The number of rotatable bonds is 2. The summed E-state index contributed by atoms with van der Waals surface area (Å²) >= 11 is 1.79. The van der Waals surface area contributed by atoms with E-state index in [2.05, 4.69) is 0 Å². The van der Waals surface area contributed by atoms with E-state index >= 15 is 0 Å². The first-order valence-corrected chi connectivity index (χ1v) is 6.20. The zero-order valence-electron chi connectivity index (χ0n) is 8.48. The lowest BCUT2D eigenvalue weighted by atomic mass is 10.3. The van der Waals surface area contributed by atoms with Crippen LogP contribution in [-0.4, -0.2) is 53.1 Å². The Kier molecular flexibility index (Phi) is 2.88. The first-order valence-electron chi connectivity index (χ1n) is 5.05. The highest BCUT2D eigenvalue weighted by molar-refractivity contribution is 7.99. The van der Waals surface area contributed by atoms with Crippen LogP contribution >= 0.6 is 11.8 Å². The maximum atomic E-state index is 12.0. The van der Waals surface area contributed by atoms with Gasteiger partial charge in [-0.1, -0.05) is 0 Å². The summed E-state index contributed by atoms with van der Waals surface area (Å²) in [4.78, 5) is 15.8. The highest BCUT2D eigenvalue weighted by Gasteiger charge is 2.36. The van der Waals surface area contributed by atoms with E-state index in [0.717, 1.165) is 24.5 Å². The molecule has 2 amide bonds. The molecule has 0 radical (unpaired) electrons. The normalized spacial score (nSPS) is 26.7. The van der Waals surface area contributed by atoms with Crippen molar-refractivity contribution in [1.82, 2.24) is 9.80 Å². The number of carbonyl (C=O) groups is 1. The van der Waals surface area contributed by atoms with Crippen molar-refractivity contribution in [3.8, 4) is 0 Å². The molecule has 0 bridgehead atoms. The predicted octanol–water partition coefficient (Wildman–Crippen LogP) is 0.534. The predicted molar refractivity (Wildman–Crippen MR) is 58.2 cm³/mol. The minimum atomic E-state index is 0.160. The zero-order valence-corrected chi connectivity index (χ0v) is 9.30. The number of hydrogen-bond acceptors (Lipinski definition) is 3. The van der Waals surface area contributed by atoms with Gasteiger partial charge in [-0.25, -0.2) is 4.79 Å². The van der Waals surface area contributed by atoms with Crippen LogP contribution in [-0.2, 0) is 0 Å². The van der Waals surface area contributed by atoms with Gasteiger partial charge in [0.05, 0.1) is 11.9 Å². The molecule has 1 aliphatic carbocycles. The Morgan fingerprint density at radius 3 is 2.93 bits per heavy atom. The largest absolute Gasteiger partial charge is 0.328 e. The molecule has 2 aliphatic rings. The Hall–Kier alpha value is -0.420. The second-order valence-electron chi connectivity index (χ2n) is 3.98. The zero-order chi connectivity index (χ0) is 10.1. The van der Waals surface area contributed by atoms with Gasteiger partial charge in [-0.15, -0.1) is 11.8 Å². The third kappa shape index (κ3) is 1.83. The molecule has 80 valence electrons. The van der Waals surface area contributed by atoms with Crippen LogP contribution in [0.2, 0.25) is 0 Å². The molecule has 1 unspecified atom stereocenters. The average Bonchev–Trinajstić information content (AvgIpc) is 2.94. The minimum Gasteiger partial charge on any atom is -0.328 e.